The van der Waals surface area contributed by atoms with Gasteiger partial charge in [0, 0.05) is 18.7 Å². The Morgan fingerprint density at radius 1 is 1.33 bits per heavy atom. The fraction of sp³-hybridized carbons (Fsp3) is 0.846. The van der Waals surface area contributed by atoms with Crippen molar-refractivity contribution in [2.75, 3.05) is 13.2 Å². The van der Waals surface area contributed by atoms with Gasteiger partial charge in [0.15, 0.2) is 0 Å². The number of allylic oxidation sites excluding steroid dienone is 2. The molecule has 0 aromatic rings. The van der Waals surface area contributed by atoms with Crippen molar-refractivity contribution in [3.8, 4) is 0 Å². The van der Waals surface area contributed by atoms with Crippen LogP contribution in [-0.2, 0) is 4.74 Å². The Kier molecular flexibility index (Phi) is 2.57. The minimum Gasteiger partial charge on any atom is -0.380 e. The highest BCUT2D eigenvalue weighted by atomic mass is 16.5. The molecular formula is C13H21NO. The molecule has 2 bridgehead atoms. The van der Waals surface area contributed by atoms with Crippen LogP contribution in [0, 0.1) is 17.8 Å². The largest absolute Gasteiger partial charge is 0.380 e. The standard InChI is InChI=1S/C13H21NO/c1-9(14-12-4-5-15-8-12)13-7-10-2-3-11(13)6-10/h2-3,9-14H,4-8H2,1H3. The van der Waals surface area contributed by atoms with E-state index in [1.54, 1.807) is 0 Å². The monoisotopic (exact) mass is 207 g/mol. The third-order valence-electron chi connectivity index (χ3n) is 4.40. The zero-order valence-electron chi connectivity index (χ0n) is 9.49. The first-order chi connectivity index (χ1) is 7.33. The van der Waals surface area contributed by atoms with Crippen molar-refractivity contribution in [3.05, 3.63) is 12.2 Å². The normalized spacial score (nSPS) is 45.1. The first kappa shape index (κ1) is 9.86. The van der Waals surface area contributed by atoms with Crippen LogP contribution < -0.4 is 5.32 Å². The van der Waals surface area contributed by atoms with Crippen LogP contribution >= 0.6 is 0 Å². The molecule has 5 unspecified atom stereocenters. The van der Waals surface area contributed by atoms with E-state index in [2.05, 4.69) is 24.4 Å². The predicted molar refractivity (Wildman–Crippen MR) is 60.7 cm³/mol. The van der Waals surface area contributed by atoms with Crippen molar-refractivity contribution in [2.45, 2.75) is 38.3 Å². The lowest BCUT2D eigenvalue weighted by Gasteiger charge is -2.28. The Balaban J connectivity index is 1.56. The van der Waals surface area contributed by atoms with Gasteiger partial charge in [0.2, 0.25) is 0 Å². The molecule has 2 aliphatic carbocycles. The molecule has 84 valence electrons. The molecule has 0 aromatic carbocycles. The summed E-state index contributed by atoms with van der Waals surface area (Å²) in [5.41, 5.74) is 0. The summed E-state index contributed by atoms with van der Waals surface area (Å²) in [6, 6.07) is 1.28. The molecule has 15 heavy (non-hydrogen) atoms. The van der Waals surface area contributed by atoms with Crippen molar-refractivity contribution in [2.24, 2.45) is 17.8 Å². The van der Waals surface area contributed by atoms with Gasteiger partial charge in [0.1, 0.15) is 0 Å². The summed E-state index contributed by atoms with van der Waals surface area (Å²) in [7, 11) is 0. The van der Waals surface area contributed by atoms with Crippen molar-refractivity contribution in [1.29, 1.82) is 0 Å². The molecule has 3 rings (SSSR count). The molecule has 0 spiro atoms. The second kappa shape index (κ2) is 3.91. The molecule has 1 N–H and O–H groups in total. The summed E-state index contributed by atoms with van der Waals surface area (Å²) < 4.78 is 5.41. The van der Waals surface area contributed by atoms with E-state index in [1.165, 1.54) is 19.3 Å². The van der Waals surface area contributed by atoms with Gasteiger partial charge in [-0.05, 0) is 43.9 Å². The van der Waals surface area contributed by atoms with Crippen LogP contribution in [0.3, 0.4) is 0 Å². The molecule has 0 amide bonds. The molecule has 2 heteroatoms. The minimum absolute atomic E-state index is 0.614. The summed E-state index contributed by atoms with van der Waals surface area (Å²) >= 11 is 0. The topological polar surface area (TPSA) is 21.3 Å². The number of fused-ring (bicyclic) bond motifs is 2. The van der Waals surface area contributed by atoms with E-state index in [4.69, 9.17) is 4.74 Å². The van der Waals surface area contributed by atoms with Gasteiger partial charge in [0.05, 0.1) is 6.61 Å². The molecule has 1 saturated heterocycles. The molecule has 3 aliphatic rings. The van der Waals surface area contributed by atoms with Crippen LogP contribution in [0.15, 0.2) is 12.2 Å². The number of ether oxygens (including phenoxy) is 1. The summed E-state index contributed by atoms with van der Waals surface area (Å²) in [5.74, 6) is 2.63. The Hall–Kier alpha value is -0.340. The smallest absolute Gasteiger partial charge is 0.0620 e. The Morgan fingerprint density at radius 2 is 2.27 bits per heavy atom. The van der Waals surface area contributed by atoms with Gasteiger partial charge in [-0.3, -0.25) is 0 Å². The fourth-order valence-electron chi connectivity index (χ4n) is 3.56. The van der Waals surface area contributed by atoms with Crippen molar-refractivity contribution in [3.63, 3.8) is 0 Å². The molecule has 1 saturated carbocycles. The lowest BCUT2D eigenvalue weighted by Crippen LogP contribution is -2.42. The minimum atomic E-state index is 0.614. The average Bonchev–Trinajstić information content (AvgIpc) is 2.93. The number of hydrogen-bond donors (Lipinski definition) is 1. The fourth-order valence-corrected chi connectivity index (χ4v) is 3.56. The Bertz CT molecular complexity index is 257. The summed E-state index contributed by atoms with van der Waals surface area (Å²) in [4.78, 5) is 0. The van der Waals surface area contributed by atoms with E-state index < -0.39 is 0 Å². The zero-order valence-corrected chi connectivity index (χ0v) is 9.49. The molecule has 2 fully saturated rings. The van der Waals surface area contributed by atoms with Gasteiger partial charge in [-0.2, -0.15) is 0 Å². The van der Waals surface area contributed by atoms with E-state index in [0.717, 1.165) is 31.0 Å². The molecule has 0 radical (unpaired) electrons. The number of hydrogen-bond acceptors (Lipinski definition) is 2. The molecular weight excluding hydrogens is 186 g/mol. The van der Waals surface area contributed by atoms with Crippen molar-refractivity contribution < 1.29 is 4.74 Å². The molecule has 5 atom stereocenters. The zero-order chi connectivity index (χ0) is 10.3. The Labute approximate surface area is 92.1 Å². The highest BCUT2D eigenvalue weighted by molar-refractivity contribution is 5.11. The number of nitrogens with one attached hydrogen (secondary N) is 1. The van der Waals surface area contributed by atoms with Gasteiger partial charge < -0.3 is 10.1 Å². The second-order valence-electron chi connectivity index (χ2n) is 5.46. The van der Waals surface area contributed by atoms with E-state index in [-0.39, 0.29) is 0 Å². The summed E-state index contributed by atoms with van der Waals surface area (Å²) in [6.45, 7) is 4.22. The third-order valence-corrected chi connectivity index (χ3v) is 4.40. The molecule has 1 aliphatic heterocycles. The predicted octanol–water partition coefficient (Wildman–Crippen LogP) is 1.97. The van der Waals surface area contributed by atoms with Crippen LogP contribution in [0.25, 0.3) is 0 Å². The van der Waals surface area contributed by atoms with Crippen LogP contribution in [0.2, 0.25) is 0 Å². The van der Waals surface area contributed by atoms with Crippen LogP contribution in [-0.4, -0.2) is 25.3 Å². The molecule has 0 aromatic heterocycles. The maximum absolute atomic E-state index is 5.41. The van der Waals surface area contributed by atoms with Crippen molar-refractivity contribution in [1.82, 2.24) is 5.32 Å². The Morgan fingerprint density at radius 3 is 2.87 bits per heavy atom. The maximum Gasteiger partial charge on any atom is 0.0620 e. The van der Waals surface area contributed by atoms with Gasteiger partial charge in [-0.15, -0.1) is 0 Å². The maximum atomic E-state index is 5.41. The quantitative estimate of drug-likeness (QED) is 0.714. The van der Waals surface area contributed by atoms with Gasteiger partial charge >= 0.3 is 0 Å². The lowest BCUT2D eigenvalue weighted by molar-refractivity contribution is 0.184. The van der Waals surface area contributed by atoms with E-state index in [0.29, 0.717) is 12.1 Å². The highest BCUT2D eigenvalue weighted by Crippen LogP contribution is 2.44. The van der Waals surface area contributed by atoms with Gasteiger partial charge in [0.25, 0.3) is 0 Å². The van der Waals surface area contributed by atoms with Crippen LogP contribution in [0.1, 0.15) is 26.2 Å². The SMILES string of the molecule is CC(NC1CCOC1)C1CC2C=CC1C2. The van der Waals surface area contributed by atoms with Crippen LogP contribution in [0.5, 0.6) is 0 Å². The van der Waals surface area contributed by atoms with Crippen molar-refractivity contribution >= 4 is 0 Å². The third kappa shape index (κ3) is 1.85. The van der Waals surface area contributed by atoms with E-state index >= 15 is 0 Å². The first-order valence-electron chi connectivity index (χ1n) is 6.35. The lowest BCUT2D eigenvalue weighted by atomic mass is 9.87. The van der Waals surface area contributed by atoms with Gasteiger partial charge in [-0.1, -0.05) is 12.2 Å². The first-order valence-corrected chi connectivity index (χ1v) is 6.35. The van der Waals surface area contributed by atoms with E-state index in [9.17, 15) is 0 Å². The summed E-state index contributed by atoms with van der Waals surface area (Å²) in [6.07, 6.45) is 8.89. The molecule has 1 heterocycles. The van der Waals surface area contributed by atoms with Gasteiger partial charge in [-0.25, -0.2) is 0 Å². The average molecular weight is 207 g/mol. The molecule has 2 nitrogen and oxygen atoms in total. The number of rotatable bonds is 3. The van der Waals surface area contributed by atoms with Crippen LogP contribution in [0.4, 0.5) is 0 Å². The second-order valence-corrected chi connectivity index (χ2v) is 5.46. The highest BCUT2D eigenvalue weighted by Gasteiger charge is 2.38. The summed E-state index contributed by atoms with van der Waals surface area (Å²) in [5, 5.41) is 3.75. The van der Waals surface area contributed by atoms with E-state index in [1.807, 2.05) is 0 Å².